The molecule has 0 saturated heterocycles. The molecule has 2 aromatic carbocycles. The highest BCUT2D eigenvalue weighted by atomic mass is 16.5. The van der Waals surface area contributed by atoms with Crippen LogP contribution >= 0.6 is 0 Å². The highest BCUT2D eigenvalue weighted by molar-refractivity contribution is 5.71. The molecule has 2 aromatic rings. The van der Waals surface area contributed by atoms with Gasteiger partial charge in [-0.2, -0.15) is 0 Å². The molecule has 5 nitrogen and oxygen atoms in total. The van der Waals surface area contributed by atoms with Crippen LogP contribution in [0, 0.1) is 5.92 Å². The van der Waals surface area contributed by atoms with Crippen molar-refractivity contribution in [2.45, 2.75) is 31.7 Å². The van der Waals surface area contributed by atoms with E-state index in [0.29, 0.717) is 19.6 Å². The molecule has 2 aliphatic heterocycles. The van der Waals surface area contributed by atoms with Gasteiger partial charge in [0.15, 0.2) is 0 Å². The van der Waals surface area contributed by atoms with Crippen molar-refractivity contribution in [1.82, 2.24) is 0 Å². The summed E-state index contributed by atoms with van der Waals surface area (Å²) in [7, 11) is 3.13. The number of nitrogens with zero attached hydrogens (tertiary/aromatic N) is 1. The number of carbonyl (C=O) groups is 1. The number of para-hydroxylation sites is 1. The van der Waals surface area contributed by atoms with Crippen molar-refractivity contribution < 1.29 is 19.0 Å². The second-order valence-electron chi connectivity index (χ2n) is 7.99. The van der Waals surface area contributed by atoms with Gasteiger partial charge in [-0.3, -0.25) is 4.79 Å². The van der Waals surface area contributed by atoms with Crippen LogP contribution in [-0.4, -0.2) is 33.3 Å². The van der Waals surface area contributed by atoms with Crippen LogP contribution in [-0.2, 0) is 14.9 Å². The third-order valence-electron chi connectivity index (χ3n) is 6.30. The molecule has 0 spiro atoms. The number of carbonyl (C=O) groups excluding carboxylic acids is 1. The summed E-state index contributed by atoms with van der Waals surface area (Å²) < 4.78 is 16.8. The fourth-order valence-electron chi connectivity index (χ4n) is 4.76. The van der Waals surface area contributed by atoms with Crippen molar-refractivity contribution in [1.29, 1.82) is 0 Å². The van der Waals surface area contributed by atoms with Gasteiger partial charge in [0.05, 0.1) is 38.9 Å². The number of methoxy groups -OCH3 is 2. The van der Waals surface area contributed by atoms with Gasteiger partial charge < -0.3 is 19.1 Å². The molecule has 0 aromatic heterocycles. The van der Waals surface area contributed by atoms with E-state index in [1.807, 2.05) is 18.2 Å². The Morgan fingerprint density at radius 2 is 1.96 bits per heavy atom. The third-order valence-corrected chi connectivity index (χ3v) is 6.30. The third kappa shape index (κ3) is 2.81. The fourth-order valence-corrected chi connectivity index (χ4v) is 4.76. The van der Waals surface area contributed by atoms with Gasteiger partial charge in [0.2, 0.25) is 0 Å². The average Bonchev–Trinajstić information content (AvgIpc) is 2.72. The van der Waals surface area contributed by atoms with Crippen molar-refractivity contribution >= 4 is 11.7 Å². The summed E-state index contributed by atoms with van der Waals surface area (Å²) in [6.07, 6.45) is 0.333. The molecule has 2 aliphatic rings. The van der Waals surface area contributed by atoms with Crippen LogP contribution in [0.4, 0.5) is 5.69 Å². The molecule has 0 N–H and O–H groups in total. The van der Waals surface area contributed by atoms with Crippen LogP contribution in [0.1, 0.15) is 37.4 Å². The molecule has 0 bridgehead atoms. The van der Waals surface area contributed by atoms with E-state index in [-0.39, 0.29) is 23.3 Å². The minimum atomic E-state index is -0.203. The van der Waals surface area contributed by atoms with Crippen molar-refractivity contribution in [3.8, 4) is 11.5 Å². The average molecular weight is 381 g/mol. The lowest BCUT2D eigenvalue weighted by Gasteiger charge is -2.53. The molecular formula is C23H27NO4. The van der Waals surface area contributed by atoms with Gasteiger partial charge in [-0.15, -0.1) is 0 Å². The van der Waals surface area contributed by atoms with Crippen LogP contribution in [0.3, 0.4) is 0 Å². The molecule has 2 heterocycles. The van der Waals surface area contributed by atoms with E-state index in [4.69, 9.17) is 14.2 Å². The predicted molar refractivity (Wildman–Crippen MR) is 108 cm³/mol. The number of hydrogen-bond donors (Lipinski definition) is 0. The zero-order valence-corrected chi connectivity index (χ0v) is 16.9. The first-order valence-corrected chi connectivity index (χ1v) is 9.71. The monoisotopic (exact) mass is 381 g/mol. The van der Waals surface area contributed by atoms with Crippen LogP contribution in [0.5, 0.6) is 11.5 Å². The minimum absolute atomic E-state index is 0.0643. The predicted octanol–water partition coefficient (Wildman–Crippen LogP) is 4.11. The van der Waals surface area contributed by atoms with E-state index in [1.165, 1.54) is 12.7 Å². The normalized spacial score (nSPS) is 21.6. The summed E-state index contributed by atoms with van der Waals surface area (Å²) in [4.78, 5) is 14.3. The second-order valence-corrected chi connectivity index (χ2v) is 7.99. The number of benzene rings is 2. The van der Waals surface area contributed by atoms with Gasteiger partial charge >= 0.3 is 5.97 Å². The standard InChI is InChI=1S/C23H27NO4/c1-23(2)15-8-5-6-9-17(15)24(13-12-20(25)27-4)22-16(23)14-28-19-11-7-10-18(26-3)21(19)22/h5-11,16,22H,12-14H2,1-4H3/t16-,22+/m0/s1. The second kappa shape index (κ2) is 7.04. The number of rotatable bonds is 4. The van der Waals surface area contributed by atoms with E-state index in [1.54, 1.807) is 7.11 Å². The summed E-state index contributed by atoms with van der Waals surface area (Å²) in [6, 6.07) is 14.5. The first-order valence-electron chi connectivity index (χ1n) is 9.71. The molecule has 2 atom stereocenters. The smallest absolute Gasteiger partial charge is 0.307 e. The lowest BCUT2D eigenvalue weighted by atomic mass is 9.64. The summed E-state index contributed by atoms with van der Waals surface area (Å²) in [5, 5.41) is 0. The van der Waals surface area contributed by atoms with Gasteiger partial charge in [0.25, 0.3) is 0 Å². The van der Waals surface area contributed by atoms with Crippen LogP contribution in [0.2, 0.25) is 0 Å². The maximum Gasteiger partial charge on any atom is 0.307 e. The minimum Gasteiger partial charge on any atom is -0.496 e. The van der Waals surface area contributed by atoms with Gasteiger partial charge in [-0.25, -0.2) is 0 Å². The van der Waals surface area contributed by atoms with E-state index in [9.17, 15) is 4.79 Å². The highest BCUT2D eigenvalue weighted by Gasteiger charge is 2.50. The van der Waals surface area contributed by atoms with Gasteiger partial charge in [0, 0.05) is 23.6 Å². The first-order chi connectivity index (χ1) is 13.5. The van der Waals surface area contributed by atoms with Crippen LogP contribution < -0.4 is 14.4 Å². The van der Waals surface area contributed by atoms with Gasteiger partial charge in [0.1, 0.15) is 11.5 Å². The lowest BCUT2D eigenvalue weighted by molar-refractivity contribution is -0.140. The number of esters is 1. The van der Waals surface area contributed by atoms with Crippen molar-refractivity contribution in [2.24, 2.45) is 5.92 Å². The fraction of sp³-hybridized carbons (Fsp3) is 0.435. The van der Waals surface area contributed by atoms with E-state index >= 15 is 0 Å². The lowest BCUT2D eigenvalue weighted by Crippen LogP contribution is -2.52. The zero-order valence-electron chi connectivity index (χ0n) is 16.9. The molecule has 0 radical (unpaired) electrons. The molecule has 0 amide bonds. The summed E-state index contributed by atoms with van der Waals surface area (Å²) in [5.41, 5.74) is 3.43. The molecule has 0 saturated carbocycles. The van der Waals surface area contributed by atoms with Crippen molar-refractivity contribution in [3.05, 3.63) is 53.6 Å². The van der Waals surface area contributed by atoms with Gasteiger partial charge in [-0.05, 0) is 23.8 Å². The molecule has 148 valence electrons. The summed E-state index contributed by atoms with van der Waals surface area (Å²) in [5.74, 6) is 1.71. The number of fused-ring (bicyclic) bond motifs is 4. The Morgan fingerprint density at radius 3 is 2.71 bits per heavy atom. The first kappa shape index (κ1) is 18.7. The Balaban J connectivity index is 1.89. The number of anilines is 1. The molecule has 0 fully saturated rings. The number of ether oxygens (including phenoxy) is 3. The Bertz CT molecular complexity index is 878. The molecule has 0 aliphatic carbocycles. The van der Waals surface area contributed by atoms with E-state index in [0.717, 1.165) is 22.7 Å². The molecule has 28 heavy (non-hydrogen) atoms. The number of hydrogen-bond acceptors (Lipinski definition) is 5. The largest absolute Gasteiger partial charge is 0.496 e. The zero-order chi connectivity index (χ0) is 19.9. The maximum absolute atomic E-state index is 11.9. The highest BCUT2D eigenvalue weighted by Crippen LogP contribution is 2.56. The Hall–Kier alpha value is -2.69. The SMILES string of the molecule is COC(=O)CCN1c2ccccc2C(C)(C)[C@H]2COc3cccc(OC)c3[C@@H]21. The molecule has 5 heteroatoms. The molecular weight excluding hydrogens is 354 g/mol. The maximum atomic E-state index is 11.9. The van der Waals surface area contributed by atoms with E-state index < -0.39 is 0 Å². The summed E-state index contributed by atoms with van der Waals surface area (Å²) in [6.45, 7) is 5.77. The topological polar surface area (TPSA) is 48.0 Å². The summed E-state index contributed by atoms with van der Waals surface area (Å²) >= 11 is 0. The Morgan fingerprint density at radius 1 is 1.18 bits per heavy atom. The van der Waals surface area contributed by atoms with Gasteiger partial charge in [-0.1, -0.05) is 38.1 Å². The Labute approximate surface area is 166 Å². The Kier molecular flexibility index (Phi) is 4.69. The van der Waals surface area contributed by atoms with Crippen LogP contribution in [0.25, 0.3) is 0 Å². The molecule has 4 rings (SSSR count). The van der Waals surface area contributed by atoms with Crippen LogP contribution in [0.15, 0.2) is 42.5 Å². The molecule has 0 unspecified atom stereocenters. The van der Waals surface area contributed by atoms with Crippen molar-refractivity contribution in [2.75, 3.05) is 32.3 Å². The van der Waals surface area contributed by atoms with E-state index in [2.05, 4.69) is 43.0 Å². The quantitative estimate of drug-likeness (QED) is 0.746. The van der Waals surface area contributed by atoms with Crippen molar-refractivity contribution in [3.63, 3.8) is 0 Å².